The number of nitrogens with one attached hydrogen (secondary N) is 3. The van der Waals surface area contributed by atoms with Crippen LogP contribution in [0.2, 0.25) is 0 Å². The summed E-state index contributed by atoms with van der Waals surface area (Å²) in [4.78, 5) is 66.0. The molecule has 4 amide bonds. The lowest BCUT2D eigenvalue weighted by Crippen LogP contribution is -2.59. The van der Waals surface area contributed by atoms with Crippen molar-refractivity contribution in [3.8, 4) is 33.5 Å². The van der Waals surface area contributed by atoms with E-state index in [0.29, 0.717) is 60.0 Å². The number of sulfonamides is 1. The second-order valence-corrected chi connectivity index (χ2v) is 19.3. The predicted octanol–water partition coefficient (Wildman–Crippen LogP) is 5.53. The van der Waals surface area contributed by atoms with Crippen molar-refractivity contribution in [3.05, 3.63) is 60.1 Å². The maximum absolute atomic E-state index is 14.7. The largest absolute Gasteiger partial charge is 0.491 e. The van der Waals surface area contributed by atoms with Gasteiger partial charge in [-0.2, -0.15) is 0 Å². The van der Waals surface area contributed by atoms with Gasteiger partial charge in [-0.3, -0.25) is 19.1 Å². The summed E-state index contributed by atoms with van der Waals surface area (Å²) in [5.74, 6) is -1.64. The average Bonchev–Trinajstić information content (AvgIpc) is 4.05. The number of benzene rings is 1. The minimum Gasteiger partial charge on any atom is -0.491 e. The van der Waals surface area contributed by atoms with Gasteiger partial charge in [-0.1, -0.05) is 32.4 Å². The SMILES string of the molecule is CC[C@@H]1C[C@H](C)CC/C=C\[C@@H]2C[C@@]2(C(=O)NS(=O)(=O)C2CC2)NC(=O)[C@@H]2C[C@@H](Oc3cc(-c4ccc(OC(C)C)cc4)nc(-c4nccs4)c3)CN2C(=O)[C@H]1NC(=O)O. The fourth-order valence-corrected chi connectivity index (χ4v) is 10.2. The third-order valence-electron chi connectivity index (χ3n) is 11.5. The van der Waals surface area contributed by atoms with Crippen molar-refractivity contribution in [1.82, 2.24) is 30.2 Å². The summed E-state index contributed by atoms with van der Waals surface area (Å²) in [5.41, 5.74) is 0.404. The van der Waals surface area contributed by atoms with Crippen molar-refractivity contribution in [2.45, 2.75) is 114 Å². The molecule has 0 spiro atoms. The first-order chi connectivity index (χ1) is 28.1. The standard InChI is InChI=1S/C42H52N6O9S2/c1-5-26-18-25(4)8-6-7-9-28-22-42(28,40(51)47-59(54,55)32-14-15-32)46-37(49)35-21-31(23-48(35)39(50)36(26)45-41(52)53)57-30-19-33(44-34(20-30)38-43-16-17-58-38)27-10-12-29(13-11-27)56-24(2)3/h7,9-13,16-17,19-20,24-26,28,31-32,35-36,45H,5-6,8,14-15,18,21-23H2,1-4H3,(H,46,49)(H,47,51)(H,52,53)/b9-7-/t25-,26-,28-,31-,35+,36+,42-/m1/s1. The molecular weight excluding hydrogens is 797 g/mol. The summed E-state index contributed by atoms with van der Waals surface area (Å²) < 4.78 is 40.5. The molecule has 316 valence electrons. The summed E-state index contributed by atoms with van der Waals surface area (Å²) >= 11 is 1.41. The van der Waals surface area contributed by atoms with E-state index in [2.05, 4.69) is 27.3 Å². The predicted molar refractivity (Wildman–Crippen MR) is 221 cm³/mol. The fourth-order valence-electron chi connectivity index (χ4n) is 8.20. The quantitative estimate of drug-likeness (QED) is 0.177. The van der Waals surface area contributed by atoms with Gasteiger partial charge in [0.2, 0.25) is 21.8 Å². The number of carbonyl (C=O) groups is 4. The Morgan fingerprint density at radius 2 is 1.83 bits per heavy atom. The minimum absolute atomic E-state index is 0.00196. The van der Waals surface area contributed by atoms with Crippen molar-refractivity contribution in [2.24, 2.45) is 17.8 Å². The maximum Gasteiger partial charge on any atom is 0.405 e. The Bertz CT molecular complexity index is 2180. The third-order valence-corrected chi connectivity index (χ3v) is 14.1. The number of aromatic nitrogens is 2. The molecule has 4 N–H and O–H groups in total. The molecule has 0 radical (unpaired) electrons. The highest BCUT2D eigenvalue weighted by molar-refractivity contribution is 7.91. The molecule has 2 aliphatic heterocycles. The van der Waals surface area contributed by atoms with E-state index in [1.165, 1.54) is 16.2 Å². The van der Waals surface area contributed by atoms with Gasteiger partial charge in [-0.25, -0.2) is 23.2 Å². The Hall–Kier alpha value is -5.03. The Morgan fingerprint density at radius 1 is 1.08 bits per heavy atom. The van der Waals surface area contributed by atoms with Crippen LogP contribution in [0.4, 0.5) is 4.79 Å². The molecule has 7 rings (SSSR count). The zero-order valence-corrected chi connectivity index (χ0v) is 35.3. The molecular formula is C42H52N6O9S2. The van der Waals surface area contributed by atoms with Crippen LogP contribution in [0.1, 0.15) is 79.1 Å². The smallest absolute Gasteiger partial charge is 0.405 e. The second-order valence-electron chi connectivity index (χ2n) is 16.5. The Balaban J connectivity index is 1.22. The van der Waals surface area contributed by atoms with Crippen molar-refractivity contribution in [2.75, 3.05) is 6.54 Å². The van der Waals surface area contributed by atoms with Gasteiger partial charge < -0.3 is 30.1 Å². The molecule has 4 heterocycles. The lowest BCUT2D eigenvalue weighted by molar-refractivity contribution is -0.142. The van der Waals surface area contributed by atoms with Gasteiger partial charge in [0.1, 0.15) is 45.9 Å². The van der Waals surface area contributed by atoms with E-state index in [1.807, 2.05) is 62.6 Å². The van der Waals surface area contributed by atoms with E-state index in [0.717, 1.165) is 12.0 Å². The number of hydrogen-bond donors (Lipinski definition) is 4. The van der Waals surface area contributed by atoms with Gasteiger partial charge in [0.15, 0.2) is 0 Å². The Labute approximate surface area is 348 Å². The minimum atomic E-state index is -3.92. The fraction of sp³-hybridized carbons (Fsp3) is 0.524. The van der Waals surface area contributed by atoms with Gasteiger partial charge in [0.05, 0.1) is 23.6 Å². The summed E-state index contributed by atoms with van der Waals surface area (Å²) in [6, 6.07) is 8.71. The summed E-state index contributed by atoms with van der Waals surface area (Å²) in [7, 11) is -3.92. The molecule has 17 heteroatoms. The third kappa shape index (κ3) is 9.72. The number of ether oxygens (including phenoxy) is 2. The van der Waals surface area contributed by atoms with Gasteiger partial charge >= 0.3 is 6.09 Å². The number of thiazole rings is 1. The molecule has 3 aromatic rings. The molecule has 1 aromatic carbocycles. The van der Waals surface area contributed by atoms with Crippen molar-refractivity contribution in [3.63, 3.8) is 0 Å². The highest BCUT2D eigenvalue weighted by atomic mass is 32.2. The summed E-state index contributed by atoms with van der Waals surface area (Å²) in [5, 5.41) is 17.2. The number of allylic oxidation sites excluding steroid dienone is 1. The zero-order chi connectivity index (χ0) is 42.1. The van der Waals surface area contributed by atoms with Crippen molar-refractivity contribution >= 4 is 45.2 Å². The van der Waals surface area contributed by atoms with Crippen LogP contribution in [0.15, 0.2) is 60.1 Å². The molecule has 0 unspecified atom stereocenters. The van der Waals surface area contributed by atoms with Crippen LogP contribution in [-0.2, 0) is 24.4 Å². The van der Waals surface area contributed by atoms with E-state index in [9.17, 15) is 32.7 Å². The highest BCUT2D eigenvalue weighted by Crippen LogP contribution is 2.46. The molecule has 7 atom stereocenters. The lowest BCUT2D eigenvalue weighted by atomic mass is 9.85. The number of nitrogens with zero attached hydrogens (tertiary/aromatic N) is 3. The second kappa shape index (κ2) is 17.3. The first-order valence-electron chi connectivity index (χ1n) is 20.4. The number of hydrogen-bond acceptors (Lipinski definition) is 11. The van der Waals surface area contributed by atoms with Crippen LogP contribution in [0.3, 0.4) is 0 Å². The van der Waals surface area contributed by atoms with Crippen molar-refractivity contribution < 1.29 is 42.2 Å². The molecule has 59 heavy (non-hydrogen) atoms. The number of amides is 4. The van der Waals surface area contributed by atoms with E-state index >= 15 is 0 Å². The Kier molecular flexibility index (Phi) is 12.3. The summed E-state index contributed by atoms with van der Waals surface area (Å²) in [6.07, 6.45) is 6.94. The Morgan fingerprint density at radius 3 is 2.49 bits per heavy atom. The molecule has 1 saturated heterocycles. The molecule has 15 nitrogen and oxygen atoms in total. The molecule has 3 fully saturated rings. The molecule has 0 bridgehead atoms. The van der Waals surface area contributed by atoms with E-state index in [4.69, 9.17) is 14.5 Å². The number of carboxylic acid groups (broad SMARTS) is 1. The van der Waals surface area contributed by atoms with E-state index < -0.39 is 68.7 Å². The monoisotopic (exact) mass is 848 g/mol. The molecule has 2 aromatic heterocycles. The van der Waals surface area contributed by atoms with Crippen LogP contribution in [0.25, 0.3) is 22.0 Å². The topological polar surface area (TPSA) is 206 Å². The van der Waals surface area contributed by atoms with Crippen LogP contribution >= 0.6 is 11.3 Å². The van der Waals surface area contributed by atoms with Crippen LogP contribution < -0.4 is 24.8 Å². The summed E-state index contributed by atoms with van der Waals surface area (Å²) in [6.45, 7) is 7.80. The van der Waals surface area contributed by atoms with Gasteiger partial charge in [-0.05, 0) is 88.5 Å². The molecule has 4 aliphatic rings. The first-order valence-corrected chi connectivity index (χ1v) is 22.8. The lowest BCUT2D eigenvalue weighted by Gasteiger charge is -2.33. The number of carbonyl (C=O) groups excluding carboxylic acids is 3. The number of pyridine rings is 1. The van der Waals surface area contributed by atoms with Crippen LogP contribution in [0.5, 0.6) is 11.5 Å². The van der Waals surface area contributed by atoms with Crippen molar-refractivity contribution in [1.29, 1.82) is 0 Å². The first kappa shape index (κ1) is 42.1. The zero-order valence-electron chi connectivity index (χ0n) is 33.6. The number of fused-ring (bicyclic) bond motifs is 2. The van der Waals surface area contributed by atoms with Crippen LogP contribution in [0, 0.1) is 17.8 Å². The molecule has 2 saturated carbocycles. The number of rotatable bonds is 11. The van der Waals surface area contributed by atoms with Gasteiger partial charge in [-0.15, -0.1) is 11.3 Å². The van der Waals surface area contributed by atoms with E-state index in [-0.39, 0.29) is 37.3 Å². The maximum atomic E-state index is 14.7. The van der Waals surface area contributed by atoms with Gasteiger partial charge in [0, 0.05) is 41.6 Å². The van der Waals surface area contributed by atoms with Crippen LogP contribution in [-0.4, -0.2) is 93.8 Å². The van der Waals surface area contributed by atoms with Gasteiger partial charge in [0.25, 0.3) is 5.91 Å². The average molecular weight is 849 g/mol. The van der Waals surface area contributed by atoms with E-state index in [1.54, 1.807) is 18.3 Å². The molecule has 2 aliphatic carbocycles. The highest BCUT2D eigenvalue weighted by Gasteiger charge is 2.62. The normalized spacial score (nSPS) is 28.0.